The molecular weight excluding hydrogens is 390 g/mol. The maximum Gasteiger partial charge on any atom is 0.341 e. The molecule has 0 saturated heterocycles. The van der Waals surface area contributed by atoms with Gasteiger partial charge in [-0.25, -0.2) is 4.79 Å². The summed E-state index contributed by atoms with van der Waals surface area (Å²) in [6.07, 6.45) is 4.28. The highest BCUT2D eigenvalue weighted by molar-refractivity contribution is 7.15. The summed E-state index contributed by atoms with van der Waals surface area (Å²) in [5, 5.41) is 14.4. The summed E-state index contributed by atoms with van der Waals surface area (Å²) in [5.41, 5.74) is 2.93. The number of esters is 1. The molecule has 0 saturated carbocycles. The summed E-state index contributed by atoms with van der Waals surface area (Å²) in [7, 11) is 0. The smallest absolute Gasteiger partial charge is 0.341 e. The monoisotopic (exact) mass is 413 g/mol. The van der Waals surface area contributed by atoms with Crippen molar-refractivity contribution in [2.24, 2.45) is 11.8 Å². The number of anilines is 1. The number of carboxylic acid groups (broad SMARTS) is 1. The van der Waals surface area contributed by atoms with Gasteiger partial charge < -0.3 is 15.2 Å². The van der Waals surface area contributed by atoms with Crippen molar-refractivity contribution in [2.75, 3.05) is 11.9 Å². The average Bonchev–Trinajstić information content (AvgIpc) is 3.12. The fourth-order valence-electron chi connectivity index (χ4n) is 3.38. The van der Waals surface area contributed by atoms with Gasteiger partial charge >= 0.3 is 11.9 Å². The standard InChI is InChI=1S/C22H23NO5S/c1-3-28-22(27)18-17(14-10-8-13(2)9-11-14)12-29-20(18)23-19(24)15-6-4-5-7-16(15)21(25)26/h4-5,8-12,15-16H,3,6-7H2,1-2H3,(H,23,24)(H,25,26)/t15-,16+/m1/s1. The predicted molar refractivity (Wildman–Crippen MR) is 112 cm³/mol. The van der Waals surface area contributed by atoms with E-state index in [-0.39, 0.29) is 6.61 Å². The molecule has 0 unspecified atom stereocenters. The number of carbonyl (C=O) groups is 3. The molecule has 0 spiro atoms. The van der Waals surface area contributed by atoms with Crippen LogP contribution in [0.1, 0.15) is 35.7 Å². The van der Waals surface area contributed by atoms with Crippen molar-refractivity contribution in [1.82, 2.24) is 0 Å². The number of hydrogen-bond acceptors (Lipinski definition) is 5. The number of thiophene rings is 1. The molecule has 1 amide bonds. The van der Waals surface area contributed by atoms with E-state index in [1.165, 1.54) is 11.3 Å². The molecule has 29 heavy (non-hydrogen) atoms. The molecule has 152 valence electrons. The van der Waals surface area contributed by atoms with Gasteiger partial charge in [0.15, 0.2) is 0 Å². The van der Waals surface area contributed by atoms with E-state index in [2.05, 4.69) is 5.32 Å². The number of hydrogen-bond donors (Lipinski definition) is 2. The second-order valence-electron chi connectivity index (χ2n) is 6.92. The second kappa shape index (κ2) is 9.05. The van der Waals surface area contributed by atoms with Gasteiger partial charge in [-0.15, -0.1) is 11.3 Å². The minimum Gasteiger partial charge on any atom is -0.481 e. The first-order chi connectivity index (χ1) is 13.9. The molecule has 0 fully saturated rings. The lowest BCUT2D eigenvalue weighted by Gasteiger charge is -2.24. The Morgan fingerprint density at radius 1 is 1.14 bits per heavy atom. The first-order valence-corrected chi connectivity index (χ1v) is 10.3. The van der Waals surface area contributed by atoms with Crippen LogP contribution in [0.4, 0.5) is 5.00 Å². The van der Waals surface area contributed by atoms with E-state index < -0.39 is 29.7 Å². The number of ether oxygens (including phenoxy) is 1. The molecule has 1 aliphatic rings. The minimum absolute atomic E-state index is 0.212. The third-order valence-corrected chi connectivity index (χ3v) is 5.85. The molecule has 1 aromatic heterocycles. The summed E-state index contributed by atoms with van der Waals surface area (Å²) >= 11 is 1.23. The summed E-state index contributed by atoms with van der Waals surface area (Å²) in [6.45, 7) is 3.91. The highest BCUT2D eigenvalue weighted by atomic mass is 32.1. The Morgan fingerprint density at radius 2 is 1.79 bits per heavy atom. The number of benzene rings is 1. The largest absolute Gasteiger partial charge is 0.481 e. The van der Waals surface area contributed by atoms with E-state index in [1.807, 2.05) is 42.6 Å². The quantitative estimate of drug-likeness (QED) is 0.537. The first-order valence-electron chi connectivity index (χ1n) is 9.46. The van der Waals surface area contributed by atoms with E-state index in [4.69, 9.17) is 4.74 Å². The first kappa shape index (κ1) is 20.8. The van der Waals surface area contributed by atoms with Crippen molar-refractivity contribution < 1.29 is 24.2 Å². The Morgan fingerprint density at radius 3 is 2.41 bits per heavy atom. The second-order valence-corrected chi connectivity index (χ2v) is 7.80. The summed E-state index contributed by atoms with van der Waals surface area (Å²) in [6, 6.07) is 7.73. The van der Waals surface area contributed by atoms with Gasteiger partial charge in [0.1, 0.15) is 10.6 Å². The van der Waals surface area contributed by atoms with E-state index in [9.17, 15) is 19.5 Å². The summed E-state index contributed by atoms with van der Waals surface area (Å²) in [5.74, 6) is -3.37. The molecular formula is C22H23NO5S. The molecule has 7 heteroatoms. The van der Waals surface area contributed by atoms with Crippen molar-refractivity contribution in [2.45, 2.75) is 26.7 Å². The molecule has 0 radical (unpaired) electrons. The highest BCUT2D eigenvalue weighted by Crippen LogP contribution is 2.37. The zero-order valence-corrected chi connectivity index (χ0v) is 17.1. The zero-order chi connectivity index (χ0) is 21.0. The molecule has 3 rings (SSSR count). The van der Waals surface area contributed by atoms with Crippen LogP contribution in [0.5, 0.6) is 0 Å². The minimum atomic E-state index is -0.994. The fourth-order valence-corrected chi connectivity index (χ4v) is 4.34. The number of allylic oxidation sites excluding steroid dienone is 2. The van der Waals surface area contributed by atoms with Crippen molar-refractivity contribution in [3.63, 3.8) is 0 Å². The van der Waals surface area contributed by atoms with Crippen LogP contribution in [0.3, 0.4) is 0 Å². The van der Waals surface area contributed by atoms with Crippen LogP contribution in [0.25, 0.3) is 11.1 Å². The Bertz CT molecular complexity index is 945. The van der Waals surface area contributed by atoms with Crippen LogP contribution in [0.2, 0.25) is 0 Å². The molecule has 0 aliphatic heterocycles. The van der Waals surface area contributed by atoms with E-state index in [1.54, 1.807) is 13.0 Å². The summed E-state index contributed by atoms with van der Waals surface area (Å²) in [4.78, 5) is 37.0. The number of rotatable bonds is 6. The maximum absolute atomic E-state index is 12.9. The average molecular weight is 413 g/mol. The lowest BCUT2D eigenvalue weighted by Crippen LogP contribution is -2.34. The van der Waals surface area contributed by atoms with Crippen molar-refractivity contribution in [3.8, 4) is 11.1 Å². The zero-order valence-electron chi connectivity index (χ0n) is 16.3. The molecule has 1 heterocycles. The van der Waals surface area contributed by atoms with Gasteiger partial charge in [0.25, 0.3) is 0 Å². The Labute approximate surface area is 173 Å². The van der Waals surface area contributed by atoms with Gasteiger partial charge in [-0.05, 0) is 32.3 Å². The van der Waals surface area contributed by atoms with Gasteiger partial charge in [-0.2, -0.15) is 0 Å². The van der Waals surface area contributed by atoms with Gasteiger partial charge in [-0.1, -0.05) is 42.0 Å². The number of aryl methyl sites for hydroxylation is 1. The Kier molecular flexibility index (Phi) is 6.49. The number of aliphatic carboxylic acids is 1. The van der Waals surface area contributed by atoms with Crippen LogP contribution >= 0.6 is 11.3 Å². The maximum atomic E-state index is 12.9. The van der Waals surface area contributed by atoms with Crippen LogP contribution in [0.15, 0.2) is 41.8 Å². The van der Waals surface area contributed by atoms with Gasteiger partial charge in [0, 0.05) is 10.9 Å². The van der Waals surface area contributed by atoms with Gasteiger partial charge in [0.2, 0.25) is 5.91 Å². The number of carboxylic acids is 1. The topological polar surface area (TPSA) is 92.7 Å². The molecule has 1 aliphatic carbocycles. The fraction of sp³-hybridized carbons (Fsp3) is 0.318. The Hall–Kier alpha value is -2.93. The van der Waals surface area contributed by atoms with Crippen molar-refractivity contribution in [3.05, 3.63) is 52.9 Å². The van der Waals surface area contributed by atoms with Gasteiger partial charge in [-0.3, -0.25) is 9.59 Å². The third-order valence-electron chi connectivity index (χ3n) is 4.96. The lowest BCUT2D eigenvalue weighted by molar-refractivity contribution is -0.146. The Balaban J connectivity index is 1.93. The molecule has 6 nitrogen and oxygen atoms in total. The van der Waals surface area contributed by atoms with Crippen LogP contribution in [-0.2, 0) is 14.3 Å². The highest BCUT2D eigenvalue weighted by Gasteiger charge is 2.35. The van der Waals surface area contributed by atoms with Crippen LogP contribution in [-0.4, -0.2) is 29.6 Å². The van der Waals surface area contributed by atoms with E-state index >= 15 is 0 Å². The van der Waals surface area contributed by atoms with Crippen molar-refractivity contribution >= 4 is 34.2 Å². The predicted octanol–water partition coefficient (Wildman–Crippen LogP) is 4.51. The van der Waals surface area contributed by atoms with Crippen molar-refractivity contribution in [1.29, 1.82) is 0 Å². The number of nitrogens with one attached hydrogen (secondary N) is 1. The molecule has 2 aromatic rings. The van der Waals surface area contributed by atoms with Crippen LogP contribution in [0, 0.1) is 18.8 Å². The summed E-state index contributed by atoms with van der Waals surface area (Å²) < 4.78 is 5.21. The van der Waals surface area contributed by atoms with E-state index in [0.29, 0.717) is 29.0 Å². The SMILES string of the molecule is CCOC(=O)c1c(-c2ccc(C)cc2)csc1NC(=O)[C@@H]1CC=CC[C@@H]1C(=O)O. The normalized spacial score (nSPS) is 18.3. The number of carbonyl (C=O) groups excluding carboxylic acids is 2. The van der Waals surface area contributed by atoms with E-state index in [0.717, 1.165) is 11.1 Å². The lowest BCUT2D eigenvalue weighted by atomic mass is 9.82. The molecule has 1 aromatic carbocycles. The third kappa shape index (κ3) is 4.56. The molecule has 2 N–H and O–H groups in total. The molecule has 2 atom stereocenters. The van der Waals surface area contributed by atoms with Crippen LogP contribution < -0.4 is 5.32 Å². The number of amides is 1. The molecule has 0 bridgehead atoms. The van der Waals surface area contributed by atoms with Gasteiger partial charge in [0.05, 0.1) is 18.4 Å².